The van der Waals surface area contributed by atoms with Crippen molar-refractivity contribution in [3.05, 3.63) is 78.1 Å². The predicted molar refractivity (Wildman–Crippen MR) is 157 cm³/mol. The van der Waals surface area contributed by atoms with Gasteiger partial charge in [-0.15, -0.1) is 0 Å². The molecule has 7 rings (SSSR count). The average molecular weight is 534 g/mol. The third-order valence-corrected chi connectivity index (χ3v) is 8.83. The molecule has 0 spiro atoms. The number of nitrogen functional groups attached to an aromatic ring is 1. The Morgan fingerprint density at radius 2 is 2.00 bits per heavy atom. The summed E-state index contributed by atoms with van der Waals surface area (Å²) in [5.74, 6) is 1.81. The monoisotopic (exact) mass is 533 g/mol. The number of rotatable bonds is 6. The summed E-state index contributed by atoms with van der Waals surface area (Å²) in [6.07, 6.45) is 9.52. The summed E-state index contributed by atoms with van der Waals surface area (Å²) in [5.41, 5.74) is 13.8. The minimum Gasteiger partial charge on any atom is -0.383 e. The number of aryl methyl sites for hydroxylation is 1. The van der Waals surface area contributed by atoms with E-state index in [1.807, 2.05) is 17.0 Å². The number of pyridine rings is 2. The van der Waals surface area contributed by atoms with Crippen LogP contribution in [0.15, 0.2) is 61.3 Å². The second kappa shape index (κ2) is 9.86. The third kappa shape index (κ3) is 4.36. The van der Waals surface area contributed by atoms with Crippen LogP contribution in [0.1, 0.15) is 67.8 Å². The summed E-state index contributed by atoms with van der Waals surface area (Å²) in [6, 6.07) is 15.8. The highest BCUT2D eigenvalue weighted by Crippen LogP contribution is 2.41. The van der Waals surface area contributed by atoms with Gasteiger partial charge in [0.05, 0.1) is 5.56 Å². The molecular weight excluding hydrogens is 498 g/mol. The van der Waals surface area contributed by atoms with Gasteiger partial charge in [-0.2, -0.15) is 0 Å². The first-order valence-corrected chi connectivity index (χ1v) is 14.4. The van der Waals surface area contributed by atoms with Gasteiger partial charge >= 0.3 is 0 Å². The number of imidazole rings is 1. The van der Waals surface area contributed by atoms with Crippen LogP contribution in [0, 0.1) is 0 Å². The highest BCUT2D eigenvalue weighted by atomic mass is 16.2. The first kappa shape index (κ1) is 25.0. The molecule has 1 amide bonds. The van der Waals surface area contributed by atoms with E-state index in [0.29, 0.717) is 23.8 Å². The van der Waals surface area contributed by atoms with Crippen LogP contribution in [0.5, 0.6) is 0 Å². The second-order valence-corrected chi connectivity index (χ2v) is 11.5. The summed E-state index contributed by atoms with van der Waals surface area (Å²) in [6.45, 7) is 6.56. The van der Waals surface area contributed by atoms with E-state index in [2.05, 4.69) is 58.7 Å². The van der Waals surface area contributed by atoms with Gasteiger partial charge in [0.25, 0.3) is 0 Å². The molecule has 3 aromatic heterocycles. The van der Waals surface area contributed by atoms with Crippen molar-refractivity contribution in [3.8, 4) is 17.1 Å². The number of hydrogen-bond donors (Lipinski definition) is 2. The van der Waals surface area contributed by atoms with Crippen molar-refractivity contribution in [1.82, 2.24) is 29.7 Å². The molecule has 204 valence electrons. The van der Waals surface area contributed by atoms with Crippen LogP contribution in [-0.4, -0.2) is 49.0 Å². The lowest BCUT2D eigenvalue weighted by atomic mass is 9.96. The van der Waals surface area contributed by atoms with Crippen LogP contribution in [0.4, 0.5) is 5.82 Å². The van der Waals surface area contributed by atoms with Crippen molar-refractivity contribution in [3.63, 3.8) is 0 Å². The van der Waals surface area contributed by atoms with Crippen molar-refractivity contribution < 1.29 is 4.79 Å². The molecule has 0 radical (unpaired) electrons. The maximum atomic E-state index is 12.2. The van der Waals surface area contributed by atoms with E-state index < -0.39 is 0 Å². The number of piperidine rings is 1. The Hall–Kier alpha value is -4.04. The van der Waals surface area contributed by atoms with Gasteiger partial charge in [0, 0.05) is 48.2 Å². The molecule has 2 fully saturated rings. The van der Waals surface area contributed by atoms with Crippen molar-refractivity contribution in [2.75, 3.05) is 12.3 Å². The van der Waals surface area contributed by atoms with Gasteiger partial charge < -0.3 is 16.0 Å². The normalized spacial score (nSPS) is 22.4. The van der Waals surface area contributed by atoms with Gasteiger partial charge in [-0.3, -0.25) is 9.36 Å². The summed E-state index contributed by atoms with van der Waals surface area (Å²) < 4.78 is 2.16. The van der Waals surface area contributed by atoms with E-state index >= 15 is 0 Å². The van der Waals surface area contributed by atoms with Gasteiger partial charge in [0.1, 0.15) is 11.3 Å². The maximum absolute atomic E-state index is 12.2. The number of nitrogens with two attached hydrogens (primary N) is 1. The number of aromatic nitrogens is 4. The highest BCUT2D eigenvalue weighted by molar-refractivity contribution is 5.87. The average Bonchev–Trinajstić information content (AvgIpc) is 3.65. The topological polar surface area (TPSA) is 102 Å². The van der Waals surface area contributed by atoms with Crippen LogP contribution in [0.2, 0.25) is 0 Å². The lowest BCUT2D eigenvalue weighted by Crippen LogP contribution is -2.49. The second-order valence-electron chi connectivity index (χ2n) is 11.5. The molecule has 1 aliphatic heterocycles. The molecule has 4 heterocycles. The van der Waals surface area contributed by atoms with Crippen molar-refractivity contribution in [2.45, 2.75) is 69.5 Å². The molecule has 4 aromatic rings. The number of benzene rings is 1. The zero-order valence-electron chi connectivity index (χ0n) is 22.9. The maximum Gasteiger partial charge on any atom is 0.246 e. The van der Waals surface area contributed by atoms with E-state index in [0.717, 1.165) is 66.2 Å². The molecule has 3 N–H and O–H groups in total. The van der Waals surface area contributed by atoms with Crippen LogP contribution in [0.25, 0.3) is 28.2 Å². The van der Waals surface area contributed by atoms with Gasteiger partial charge in [0.15, 0.2) is 11.5 Å². The summed E-state index contributed by atoms with van der Waals surface area (Å²) in [5, 5.41) is 3.92. The zero-order valence-corrected chi connectivity index (χ0v) is 22.9. The molecule has 2 aliphatic carbocycles. The fourth-order valence-corrected chi connectivity index (χ4v) is 6.58. The lowest BCUT2D eigenvalue weighted by Gasteiger charge is -2.38. The molecule has 8 heteroatoms. The van der Waals surface area contributed by atoms with Crippen LogP contribution >= 0.6 is 0 Å². The Balaban J connectivity index is 1.21. The number of anilines is 1. The molecule has 40 heavy (non-hydrogen) atoms. The first-order chi connectivity index (χ1) is 19.5. The van der Waals surface area contributed by atoms with E-state index in [1.54, 1.807) is 6.20 Å². The van der Waals surface area contributed by atoms with Gasteiger partial charge in [-0.05, 0) is 99.0 Å². The Morgan fingerprint density at radius 1 is 1.12 bits per heavy atom. The fourth-order valence-electron chi connectivity index (χ4n) is 6.58. The number of carbonyl (C=O) groups excluding carboxylic acids is 1. The quantitative estimate of drug-likeness (QED) is 0.335. The number of fused-ring (bicyclic) bond motifs is 2. The molecule has 3 atom stereocenters. The molecular formula is C32H35N7O. The minimum atomic E-state index is 0.0304. The Bertz CT molecular complexity index is 1620. The lowest BCUT2D eigenvalue weighted by molar-refractivity contribution is -0.129. The van der Waals surface area contributed by atoms with Crippen LogP contribution < -0.4 is 11.1 Å². The molecule has 1 saturated heterocycles. The molecule has 1 saturated carbocycles. The number of nitrogens with zero attached hydrogens (tertiary/aromatic N) is 5. The molecule has 3 aliphatic rings. The Kier molecular flexibility index (Phi) is 6.15. The highest BCUT2D eigenvalue weighted by Gasteiger charge is 2.32. The van der Waals surface area contributed by atoms with Crippen molar-refractivity contribution in [2.24, 2.45) is 0 Å². The first-order valence-electron chi connectivity index (χ1n) is 14.4. The number of amides is 1. The number of likely N-dealkylation sites (tertiary alicyclic amines) is 1. The van der Waals surface area contributed by atoms with Crippen LogP contribution in [-0.2, 0) is 11.2 Å². The summed E-state index contributed by atoms with van der Waals surface area (Å²) >= 11 is 0. The number of nitrogens with one attached hydrogen (secondary N) is 1. The number of hydrogen-bond acceptors (Lipinski definition) is 6. The van der Waals surface area contributed by atoms with E-state index in [1.165, 1.54) is 30.0 Å². The SMILES string of the molecule is C=CC(=O)N1CCC(N[C@H]2CCc3cc(-n4c(-c5cccnc5N)nc5ccc(C6CC6)nc54)ccc32)C[C@H]1C. The summed E-state index contributed by atoms with van der Waals surface area (Å²) in [7, 11) is 0. The van der Waals surface area contributed by atoms with E-state index in [-0.39, 0.29) is 11.9 Å². The van der Waals surface area contributed by atoms with Gasteiger partial charge in [-0.25, -0.2) is 15.0 Å². The van der Waals surface area contributed by atoms with Gasteiger partial charge in [0.2, 0.25) is 5.91 Å². The van der Waals surface area contributed by atoms with Crippen molar-refractivity contribution >= 4 is 22.9 Å². The predicted octanol–water partition coefficient (Wildman–Crippen LogP) is 5.08. The Labute approximate surface area is 234 Å². The summed E-state index contributed by atoms with van der Waals surface area (Å²) in [4.78, 5) is 28.5. The molecule has 1 aromatic carbocycles. The molecule has 1 unspecified atom stereocenters. The molecule has 0 bridgehead atoms. The standard InChI is InChI=1S/C32H35N7O/c1-3-29(40)38-16-14-22(17-19(38)2)35-27-11-8-21-18-23(9-10-24(21)27)39-31(25-5-4-15-34-30(25)33)37-28-13-12-26(20-6-7-20)36-32(28)39/h3-5,9-10,12-13,15,18-20,22,27,35H,1,6-8,11,14,16-17H2,2H3,(H2,33,34)/t19-,22?,27+/m1/s1. The largest absolute Gasteiger partial charge is 0.383 e. The smallest absolute Gasteiger partial charge is 0.246 e. The van der Waals surface area contributed by atoms with Gasteiger partial charge in [-0.1, -0.05) is 12.6 Å². The van der Waals surface area contributed by atoms with E-state index in [9.17, 15) is 4.79 Å². The fraction of sp³-hybridized carbons (Fsp3) is 0.375. The van der Waals surface area contributed by atoms with Crippen LogP contribution in [0.3, 0.4) is 0 Å². The number of carbonyl (C=O) groups is 1. The molecule has 8 nitrogen and oxygen atoms in total. The third-order valence-electron chi connectivity index (χ3n) is 8.83. The van der Waals surface area contributed by atoms with E-state index in [4.69, 9.17) is 15.7 Å². The zero-order chi connectivity index (χ0) is 27.4. The van der Waals surface area contributed by atoms with Crippen molar-refractivity contribution in [1.29, 1.82) is 0 Å². The Morgan fingerprint density at radius 3 is 2.77 bits per heavy atom. The minimum absolute atomic E-state index is 0.0304.